The zero-order valence-corrected chi connectivity index (χ0v) is 16.7. The fourth-order valence-corrected chi connectivity index (χ4v) is 3.61. The van der Waals surface area contributed by atoms with Crippen molar-refractivity contribution in [2.45, 2.75) is 46.7 Å². The molecule has 146 valence electrons. The lowest BCUT2D eigenvalue weighted by Crippen LogP contribution is -2.26. The van der Waals surface area contributed by atoms with E-state index >= 15 is 0 Å². The summed E-state index contributed by atoms with van der Waals surface area (Å²) in [5, 5.41) is 15.1. The quantitative estimate of drug-likeness (QED) is 0.688. The first-order valence-corrected chi connectivity index (χ1v) is 9.69. The SMILES string of the molecule is CCc1cc(CN)cc(CC)c1-c1c(O)c(C)nn(Cc2ccccc2)c1=O. The van der Waals surface area contributed by atoms with Gasteiger partial charge in [0, 0.05) is 6.54 Å². The fraction of sp³-hybridized carbons (Fsp3) is 0.304. The van der Waals surface area contributed by atoms with Crippen LogP contribution in [-0.2, 0) is 25.9 Å². The lowest BCUT2D eigenvalue weighted by molar-refractivity contribution is 0.458. The minimum Gasteiger partial charge on any atom is -0.505 e. The molecule has 0 aliphatic rings. The predicted molar refractivity (Wildman–Crippen MR) is 113 cm³/mol. The molecule has 3 N–H and O–H groups in total. The lowest BCUT2D eigenvalue weighted by Gasteiger charge is -2.18. The number of hydrogen-bond acceptors (Lipinski definition) is 4. The van der Waals surface area contributed by atoms with Gasteiger partial charge in [0.1, 0.15) is 5.69 Å². The summed E-state index contributed by atoms with van der Waals surface area (Å²) in [7, 11) is 0. The molecule has 0 unspecified atom stereocenters. The largest absolute Gasteiger partial charge is 0.505 e. The molecule has 5 heteroatoms. The summed E-state index contributed by atoms with van der Waals surface area (Å²) >= 11 is 0. The maximum atomic E-state index is 13.4. The number of benzene rings is 2. The first kappa shape index (κ1) is 19.8. The van der Waals surface area contributed by atoms with E-state index in [9.17, 15) is 9.90 Å². The van der Waals surface area contributed by atoms with Crippen LogP contribution in [0.4, 0.5) is 0 Å². The van der Waals surface area contributed by atoms with E-state index in [-0.39, 0.29) is 11.3 Å². The number of aromatic hydroxyl groups is 1. The molecule has 1 aromatic heterocycles. The molecule has 0 saturated carbocycles. The van der Waals surface area contributed by atoms with E-state index in [1.807, 2.05) is 56.3 Å². The summed E-state index contributed by atoms with van der Waals surface area (Å²) in [5.41, 5.74) is 11.2. The van der Waals surface area contributed by atoms with Crippen molar-refractivity contribution in [3.05, 3.63) is 80.8 Å². The highest BCUT2D eigenvalue weighted by atomic mass is 16.3. The molecule has 0 radical (unpaired) electrons. The molecule has 0 spiro atoms. The molecule has 2 aromatic carbocycles. The Kier molecular flexibility index (Phi) is 5.95. The van der Waals surface area contributed by atoms with E-state index in [2.05, 4.69) is 5.10 Å². The second-order valence-corrected chi connectivity index (χ2v) is 6.96. The standard InChI is InChI=1S/C23H27N3O2/c1-4-18-11-17(13-24)12-19(5-2)20(18)21-22(27)15(3)25-26(23(21)28)14-16-9-7-6-8-10-16/h6-12,27H,4-5,13-14,24H2,1-3H3. The van der Waals surface area contributed by atoms with Gasteiger partial charge in [0.25, 0.3) is 5.56 Å². The zero-order chi connectivity index (χ0) is 20.3. The first-order valence-electron chi connectivity index (χ1n) is 9.69. The van der Waals surface area contributed by atoms with E-state index in [4.69, 9.17) is 5.73 Å². The molecule has 0 amide bonds. The summed E-state index contributed by atoms with van der Waals surface area (Å²) in [5.74, 6) is -0.0424. The van der Waals surface area contributed by atoms with Crippen molar-refractivity contribution >= 4 is 0 Å². The first-order chi connectivity index (χ1) is 13.5. The lowest BCUT2D eigenvalue weighted by atomic mass is 9.89. The maximum absolute atomic E-state index is 13.4. The van der Waals surface area contributed by atoms with E-state index < -0.39 is 0 Å². The molecule has 3 aromatic rings. The van der Waals surface area contributed by atoms with Crippen LogP contribution in [0, 0.1) is 6.92 Å². The predicted octanol–water partition coefficient (Wildman–Crippen LogP) is 3.56. The minimum atomic E-state index is -0.281. The smallest absolute Gasteiger partial charge is 0.278 e. The zero-order valence-electron chi connectivity index (χ0n) is 16.7. The van der Waals surface area contributed by atoms with Crippen LogP contribution < -0.4 is 11.3 Å². The van der Waals surface area contributed by atoms with Crippen molar-refractivity contribution in [1.29, 1.82) is 0 Å². The van der Waals surface area contributed by atoms with Crippen molar-refractivity contribution < 1.29 is 5.11 Å². The third-order valence-electron chi connectivity index (χ3n) is 5.08. The van der Waals surface area contributed by atoms with Crippen LogP contribution in [0.3, 0.4) is 0 Å². The van der Waals surface area contributed by atoms with Crippen LogP contribution in [-0.4, -0.2) is 14.9 Å². The van der Waals surface area contributed by atoms with Crippen LogP contribution in [0.15, 0.2) is 47.3 Å². The highest BCUT2D eigenvalue weighted by Crippen LogP contribution is 2.34. The van der Waals surface area contributed by atoms with Crippen molar-refractivity contribution in [1.82, 2.24) is 9.78 Å². The van der Waals surface area contributed by atoms with Crippen molar-refractivity contribution in [2.75, 3.05) is 0 Å². The Morgan fingerprint density at radius 1 is 1.00 bits per heavy atom. The van der Waals surface area contributed by atoms with E-state index in [1.54, 1.807) is 6.92 Å². The topological polar surface area (TPSA) is 81.1 Å². The van der Waals surface area contributed by atoms with Gasteiger partial charge >= 0.3 is 0 Å². The Morgan fingerprint density at radius 2 is 1.61 bits per heavy atom. The Labute approximate surface area is 165 Å². The Balaban J connectivity index is 2.27. The number of aromatic nitrogens is 2. The second kappa shape index (κ2) is 8.40. The van der Waals surface area contributed by atoms with Crippen LogP contribution in [0.1, 0.15) is 41.8 Å². The monoisotopic (exact) mass is 377 g/mol. The molecule has 0 atom stereocenters. The molecule has 28 heavy (non-hydrogen) atoms. The van der Waals surface area contributed by atoms with Gasteiger partial charge in [-0.15, -0.1) is 0 Å². The Bertz CT molecular complexity index is 1010. The number of nitrogens with two attached hydrogens (primary N) is 1. The van der Waals surface area contributed by atoms with Gasteiger partial charge in [-0.25, -0.2) is 4.68 Å². The molecule has 0 bridgehead atoms. The molecule has 0 aliphatic carbocycles. The molecular weight excluding hydrogens is 350 g/mol. The van der Waals surface area contributed by atoms with Gasteiger partial charge < -0.3 is 10.8 Å². The summed E-state index contributed by atoms with van der Waals surface area (Å²) in [4.78, 5) is 13.4. The van der Waals surface area contributed by atoms with Gasteiger partial charge in [-0.3, -0.25) is 4.79 Å². The van der Waals surface area contributed by atoms with Crippen LogP contribution in [0.2, 0.25) is 0 Å². The van der Waals surface area contributed by atoms with Crippen LogP contribution >= 0.6 is 0 Å². The number of aryl methyl sites for hydroxylation is 3. The number of rotatable bonds is 6. The van der Waals surface area contributed by atoms with Crippen molar-refractivity contribution in [2.24, 2.45) is 5.73 Å². The van der Waals surface area contributed by atoms with Crippen LogP contribution in [0.5, 0.6) is 5.75 Å². The van der Waals surface area contributed by atoms with Crippen LogP contribution in [0.25, 0.3) is 11.1 Å². The van der Waals surface area contributed by atoms with Crippen molar-refractivity contribution in [3.63, 3.8) is 0 Å². The molecule has 0 fully saturated rings. The number of nitrogens with zero attached hydrogens (tertiary/aromatic N) is 2. The van der Waals surface area contributed by atoms with Gasteiger partial charge in [-0.2, -0.15) is 5.10 Å². The van der Waals surface area contributed by atoms with Crippen molar-refractivity contribution in [3.8, 4) is 16.9 Å². The second-order valence-electron chi connectivity index (χ2n) is 6.96. The number of hydrogen-bond donors (Lipinski definition) is 2. The van der Waals surface area contributed by atoms with E-state index in [1.165, 1.54) is 4.68 Å². The Morgan fingerprint density at radius 3 is 2.14 bits per heavy atom. The molecule has 0 aliphatic heterocycles. The summed E-state index contributed by atoms with van der Waals surface area (Å²) < 4.78 is 1.44. The van der Waals surface area contributed by atoms with Gasteiger partial charge in [0.15, 0.2) is 5.75 Å². The Hall–Kier alpha value is -2.92. The molecule has 5 nitrogen and oxygen atoms in total. The third kappa shape index (κ3) is 3.71. The van der Waals surface area contributed by atoms with E-state index in [0.717, 1.165) is 40.7 Å². The summed E-state index contributed by atoms with van der Waals surface area (Å²) in [6.07, 6.45) is 1.49. The van der Waals surface area contributed by atoms with E-state index in [0.29, 0.717) is 24.3 Å². The minimum absolute atomic E-state index is 0.0424. The fourth-order valence-electron chi connectivity index (χ4n) is 3.61. The van der Waals surface area contributed by atoms with Gasteiger partial charge in [-0.1, -0.05) is 56.3 Å². The third-order valence-corrected chi connectivity index (χ3v) is 5.08. The molecule has 1 heterocycles. The van der Waals surface area contributed by atoms with Gasteiger partial charge in [0.05, 0.1) is 12.1 Å². The average Bonchev–Trinajstić information content (AvgIpc) is 2.72. The normalized spacial score (nSPS) is 11.0. The average molecular weight is 377 g/mol. The highest BCUT2D eigenvalue weighted by Gasteiger charge is 2.21. The maximum Gasteiger partial charge on any atom is 0.278 e. The molecule has 0 saturated heterocycles. The molecular formula is C23H27N3O2. The summed E-state index contributed by atoms with van der Waals surface area (Å²) in [6.45, 7) is 6.63. The van der Waals surface area contributed by atoms with Gasteiger partial charge in [0.2, 0.25) is 0 Å². The molecule has 3 rings (SSSR count). The summed E-state index contributed by atoms with van der Waals surface area (Å²) in [6, 6.07) is 13.8. The highest BCUT2D eigenvalue weighted by molar-refractivity contribution is 5.76. The van der Waals surface area contributed by atoms with Gasteiger partial charge in [-0.05, 0) is 47.6 Å².